The van der Waals surface area contributed by atoms with Gasteiger partial charge in [0.25, 0.3) is 5.91 Å². The predicted molar refractivity (Wildman–Crippen MR) is 113 cm³/mol. The van der Waals surface area contributed by atoms with E-state index in [4.69, 9.17) is 10.5 Å². The number of thiazole rings is 1. The van der Waals surface area contributed by atoms with Gasteiger partial charge in [-0.25, -0.2) is 10.4 Å². The maximum atomic E-state index is 12.3. The van der Waals surface area contributed by atoms with Crippen LogP contribution in [0, 0.1) is 6.92 Å². The highest BCUT2D eigenvalue weighted by Gasteiger charge is 2.15. The monoisotopic (exact) mass is 394 g/mol. The molecular weight excluding hydrogens is 372 g/mol. The normalized spacial score (nSPS) is 10.9. The molecule has 3 rings (SSSR count). The lowest BCUT2D eigenvalue weighted by molar-refractivity contribution is 0.0958. The fourth-order valence-electron chi connectivity index (χ4n) is 2.64. The molecule has 1 aromatic heterocycles. The Bertz CT molecular complexity index is 998. The molecule has 144 valence electrons. The Morgan fingerprint density at radius 3 is 2.79 bits per heavy atom. The van der Waals surface area contributed by atoms with Gasteiger partial charge in [-0.05, 0) is 36.6 Å². The number of aryl methyl sites for hydroxylation is 2. The maximum Gasteiger partial charge on any atom is 0.283 e. The van der Waals surface area contributed by atoms with E-state index in [1.807, 2.05) is 49.4 Å². The van der Waals surface area contributed by atoms with Crippen LogP contribution in [-0.4, -0.2) is 17.1 Å². The smallest absolute Gasteiger partial charge is 0.283 e. The summed E-state index contributed by atoms with van der Waals surface area (Å²) < 4.78 is 5.96. The summed E-state index contributed by atoms with van der Waals surface area (Å²) in [6.07, 6.45) is 2.21. The topological polar surface area (TPSA) is 89.6 Å². The molecule has 0 saturated carbocycles. The lowest BCUT2D eigenvalue weighted by Gasteiger charge is -2.10. The third kappa shape index (κ3) is 4.75. The molecule has 3 N–H and O–H groups in total. The van der Waals surface area contributed by atoms with Crippen LogP contribution in [0.2, 0.25) is 0 Å². The Hall–Kier alpha value is -3.19. The number of nitrogens with zero attached hydrogens (tertiary/aromatic N) is 2. The van der Waals surface area contributed by atoms with Crippen molar-refractivity contribution in [3.63, 3.8) is 0 Å². The second kappa shape index (κ2) is 9.14. The van der Waals surface area contributed by atoms with E-state index in [2.05, 4.69) is 28.5 Å². The minimum atomic E-state index is -0.319. The van der Waals surface area contributed by atoms with Crippen LogP contribution in [0.15, 0.2) is 53.6 Å². The summed E-state index contributed by atoms with van der Waals surface area (Å²) in [5, 5.41) is 4.45. The van der Waals surface area contributed by atoms with Gasteiger partial charge in [0.05, 0.1) is 11.9 Å². The molecule has 7 heteroatoms. The third-order valence-corrected chi connectivity index (χ3v) is 5.11. The molecule has 0 aliphatic carbocycles. The molecule has 0 unspecified atom stereocenters. The molecule has 0 radical (unpaired) electrons. The van der Waals surface area contributed by atoms with E-state index < -0.39 is 0 Å². The van der Waals surface area contributed by atoms with Crippen molar-refractivity contribution in [1.82, 2.24) is 10.4 Å². The largest absolute Gasteiger partial charge is 0.488 e. The number of nitrogens with one attached hydrogen (secondary N) is 1. The van der Waals surface area contributed by atoms with Crippen LogP contribution in [0.5, 0.6) is 5.75 Å². The number of ether oxygens (including phenoxy) is 1. The standard InChI is InChI=1S/C21H22N4O2S/c1-3-17-19(28-21(22)24-17)20(26)25-23-12-15-9-6-7-11-18(15)27-13-16-10-5-4-8-14(16)2/h4-12H,3,13H2,1-2H3,(H2,22,24)(H,25,26)/b23-12+. The molecule has 1 amide bonds. The highest BCUT2D eigenvalue weighted by molar-refractivity contribution is 7.17. The molecule has 2 aromatic carbocycles. The summed E-state index contributed by atoms with van der Waals surface area (Å²) in [7, 11) is 0. The second-order valence-corrected chi connectivity index (χ2v) is 7.16. The van der Waals surface area contributed by atoms with E-state index >= 15 is 0 Å². The first kappa shape index (κ1) is 19.6. The van der Waals surface area contributed by atoms with Gasteiger partial charge in [-0.3, -0.25) is 4.79 Å². The van der Waals surface area contributed by atoms with Gasteiger partial charge in [0, 0.05) is 5.56 Å². The number of anilines is 1. The fraction of sp³-hybridized carbons (Fsp3) is 0.190. The molecule has 0 aliphatic heterocycles. The van der Waals surface area contributed by atoms with Crippen LogP contribution in [0.1, 0.15) is 39.0 Å². The number of hydrogen-bond donors (Lipinski definition) is 2. The number of hydrazone groups is 1. The van der Waals surface area contributed by atoms with Gasteiger partial charge in [-0.15, -0.1) is 0 Å². The predicted octanol–water partition coefficient (Wildman–Crippen LogP) is 3.94. The number of hydrogen-bond acceptors (Lipinski definition) is 6. The first-order chi connectivity index (χ1) is 13.6. The van der Waals surface area contributed by atoms with Crippen LogP contribution in [0.3, 0.4) is 0 Å². The van der Waals surface area contributed by atoms with Crippen LogP contribution in [0.25, 0.3) is 0 Å². The van der Waals surface area contributed by atoms with Gasteiger partial charge >= 0.3 is 0 Å². The SMILES string of the molecule is CCc1nc(N)sc1C(=O)N/N=C/c1ccccc1OCc1ccccc1C. The molecule has 6 nitrogen and oxygen atoms in total. The average molecular weight is 395 g/mol. The van der Waals surface area contributed by atoms with Gasteiger partial charge in [0.15, 0.2) is 5.13 Å². The molecule has 0 aliphatic rings. The molecular formula is C21H22N4O2S. The van der Waals surface area contributed by atoms with Gasteiger partial charge in [0.1, 0.15) is 17.2 Å². The summed E-state index contributed by atoms with van der Waals surface area (Å²) >= 11 is 1.16. The number of nitrogens with two attached hydrogens (primary N) is 1. The van der Waals surface area contributed by atoms with Crippen molar-refractivity contribution in [3.8, 4) is 5.75 Å². The van der Waals surface area contributed by atoms with E-state index in [0.717, 1.165) is 22.5 Å². The van der Waals surface area contributed by atoms with Crippen molar-refractivity contribution < 1.29 is 9.53 Å². The van der Waals surface area contributed by atoms with Gasteiger partial charge < -0.3 is 10.5 Å². The van der Waals surface area contributed by atoms with Crippen LogP contribution in [0.4, 0.5) is 5.13 Å². The number of benzene rings is 2. The van der Waals surface area contributed by atoms with E-state index in [-0.39, 0.29) is 5.91 Å². The molecule has 0 bridgehead atoms. The number of carbonyl (C=O) groups excluding carboxylic acids is 1. The molecule has 3 aromatic rings. The Morgan fingerprint density at radius 1 is 1.25 bits per heavy atom. The summed E-state index contributed by atoms with van der Waals surface area (Å²) in [5.41, 5.74) is 12.0. The number of para-hydroxylation sites is 1. The molecule has 0 atom stereocenters. The zero-order valence-electron chi connectivity index (χ0n) is 15.8. The number of aromatic nitrogens is 1. The van der Waals surface area contributed by atoms with E-state index in [0.29, 0.717) is 34.5 Å². The zero-order chi connectivity index (χ0) is 19.9. The second-order valence-electron chi connectivity index (χ2n) is 6.13. The summed E-state index contributed by atoms with van der Waals surface area (Å²) in [4.78, 5) is 17.0. The van der Waals surface area contributed by atoms with Crippen LogP contribution in [-0.2, 0) is 13.0 Å². The zero-order valence-corrected chi connectivity index (χ0v) is 16.6. The Balaban J connectivity index is 1.67. The van der Waals surface area contributed by atoms with E-state index in [9.17, 15) is 4.79 Å². The molecule has 1 heterocycles. The molecule has 0 spiro atoms. The molecule has 0 fully saturated rings. The van der Waals surface area contributed by atoms with Crippen molar-refractivity contribution in [2.75, 3.05) is 5.73 Å². The van der Waals surface area contributed by atoms with Crippen LogP contribution < -0.4 is 15.9 Å². The number of rotatable bonds is 7. The Kier molecular flexibility index (Phi) is 6.39. The Morgan fingerprint density at radius 2 is 2.00 bits per heavy atom. The Labute approximate surface area is 168 Å². The molecule has 28 heavy (non-hydrogen) atoms. The van der Waals surface area contributed by atoms with E-state index in [1.165, 1.54) is 5.56 Å². The van der Waals surface area contributed by atoms with Crippen molar-refractivity contribution in [2.45, 2.75) is 26.9 Å². The van der Waals surface area contributed by atoms with Crippen molar-refractivity contribution in [3.05, 3.63) is 75.8 Å². The first-order valence-electron chi connectivity index (χ1n) is 8.93. The minimum absolute atomic E-state index is 0.319. The van der Waals surface area contributed by atoms with Crippen molar-refractivity contribution in [2.24, 2.45) is 5.10 Å². The van der Waals surface area contributed by atoms with E-state index in [1.54, 1.807) is 6.21 Å². The maximum absolute atomic E-state index is 12.3. The van der Waals surface area contributed by atoms with Gasteiger partial charge in [-0.1, -0.05) is 54.7 Å². The number of carbonyl (C=O) groups is 1. The summed E-state index contributed by atoms with van der Waals surface area (Å²) in [6, 6.07) is 15.6. The van der Waals surface area contributed by atoms with Crippen LogP contribution >= 0.6 is 11.3 Å². The fourth-order valence-corrected chi connectivity index (χ4v) is 3.46. The van der Waals surface area contributed by atoms with Gasteiger partial charge in [-0.2, -0.15) is 5.10 Å². The summed E-state index contributed by atoms with van der Waals surface area (Å²) in [5.74, 6) is 0.376. The van der Waals surface area contributed by atoms with Crippen molar-refractivity contribution in [1.29, 1.82) is 0 Å². The molecule has 0 saturated heterocycles. The minimum Gasteiger partial charge on any atom is -0.488 e. The summed E-state index contributed by atoms with van der Waals surface area (Å²) in [6.45, 7) is 4.44. The number of amides is 1. The van der Waals surface area contributed by atoms with Crippen molar-refractivity contribution >= 4 is 28.6 Å². The third-order valence-electron chi connectivity index (χ3n) is 4.19. The quantitative estimate of drug-likeness (QED) is 0.469. The first-order valence-corrected chi connectivity index (χ1v) is 9.75. The van der Waals surface area contributed by atoms with Gasteiger partial charge in [0.2, 0.25) is 0 Å². The lowest BCUT2D eigenvalue weighted by atomic mass is 10.1. The lowest BCUT2D eigenvalue weighted by Crippen LogP contribution is -2.17. The highest BCUT2D eigenvalue weighted by atomic mass is 32.1. The number of nitrogen functional groups attached to an aromatic ring is 1. The highest BCUT2D eigenvalue weighted by Crippen LogP contribution is 2.21. The average Bonchev–Trinajstić information content (AvgIpc) is 3.09.